The van der Waals surface area contributed by atoms with Crippen LogP contribution >= 0.6 is 0 Å². The van der Waals surface area contributed by atoms with Crippen LogP contribution in [0, 0.1) is 10.1 Å². The molecule has 7 heteroatoms. The van der Waals surface area contributed by atoms with E-state index in [0.717, 1.165) is 0 Å². The molecule has 0 aromatic heterocycles. The average Bonchev–Trinajstić information content (AvgIpc) is 2.45. The molecule has 0 aliphatic carbocycles. The Balaban J connectivity index is 2.45. The van der Waals surface area contributed by atoms with E-state index in [2.05, 4.69) is 5.32 Å². The predicted molar refractivity (Wildman–Crippen MR) is 74.3 cm³/mol. The molecule has 3 N–H and O–H groups in total. The number of rotatable bonds is 8. The van der Waals surface area contributed by atoms with Crippen LogP contribution in [-0.4, -0.2) is 37.1 Å². The zero-order valence-electron chi connectivity index (χ0n) is 11.4. The van der Waals surface area contributed by atoms with Crippen molar-refractivity contribution >= 4 is 11.6 Å². The van der Waals surface area contributed by atoms with E-state index in [1.807, 2.05) is 0 Å². The molecule has 0 aliphatic rings. The topological polar surface area (TPSA) is 107 Å². The summed E-state index contributed by atoms with van der Waals surface area (Å²) in [4.78, 5) is 22.0. The van der Waals surface area contributed by atoms with Crippen LogP contribution in [-0.2, 0) is 16.0 Å². The zero-order chi connectivity index (χ0) is 15.0. The second kappa shape index (κ2) is 8.23. The second-order valence-electron chi connectivity index (χ2n) is 4.28. The number of nitrogens with zero attached hydrogens (tertiary/aromatic N) is 1. The van der Waals surface area contributed by atoms with Crippen molar-refractivity contribution in [2.75, 3.05) is 20.2 Å². The molecule has 1 rings (SSSR count). The number of benzene rings is 1. The number of hydrogen-bond donors (Lipinski definition) is 2. The molecule has 0 aliphatic heterocycles. The first-order valence-corrected chi connectivity index (χ1v) is 6.30. The highest BCUT2D eigenvalue weighted by Crippen LogP contribution is 2.17. The number of nitro groups is 1. The molecule has 20 heavy (non-hydrogen) atoms. The normalized spacial score (nSPS) is 11.9. The van der Waals surface area contributed by atoms with Crippen LogP contribution in [0.2, 0.25) is 0 Å². The van der Waals surface area contributed by atoms with Gasteiger partial charge in [0.1, 0.15) is 0 Å². The summed E-state index contributed by atoms with van der Waals surface area (Å²) in [5.74, 6) is -0.180. The highest BCUT2D eigenvalue weighted by atomic mass is 16.6. The van der Waals surface area contributed by atoms with Crippen LogP contribution in [0.3, 0.4) is 0 Å². The summed E-state index contributed by atoms with van der Waals surface area (Å²) in [6.45, 7) is 0.610. The van der Waals surface area contributed by atoms with Crippen molar-refractivity contribution in [2.45, 2.75) is 18.9 Å². The molecule has 110 valence electrons. The number of para-hydroxylation sites is 1. The summed E-state index contributed by atoms with van der Waals surface area (Å²) >= 11 is 0. The smallest absolute Gasteiger partial charge is 0.272 e. The lowest BCUT2D eigenvalue weighted by atomic mass is 10.1. The molecule has 1 aromatic rings. The predicted octanol–water partition coefficient (Wildman–Crippen LogP) is 0.617. The van der Waals surface area contributed by atoms with Gasteiger partial charge < -0.3 is 15.8 Å². The number of nitro benzene ring substituents is 1. The Labute approximate surface area is 117 Å². The van der Waals surface area contributed by atoms with Gasteiger partial charge in [-0.2, -0.15) is 0 Å². The van der Waals surface area contributed by atoms with Crippen molar-refractivity contribution in [3.05, 3.63) is 39.9 Å². The van der Waals surface area contributed by atoms with Crippen LogP contribution in [0.25, 0.3) is 0 Å². The van der Waals surface area contributed by atoms with Crippen molar-refractivity contribution < 1.29 is 14.5 Å². The highest BCUT2D eigenvalue weighted by molar-refractivity contribution is 5.76. The van der Waals surface area contributed by atoms with Gasteiger partial charge in [-0.3, -0.25) is 14.9 Å². The van der Waals surface area contributed by atoms with Crippen LogP contribution in [0.5, 0.6) is 0 Å². The third kappa shape index (κ3) is 4.94. The Kier molecular flexibility index (Phi) is 6.61. The summed E-state index contributed by atoms with van der Waals surface area (Å²) in [6.07, 6.45) is 0.286. The molecule has 0 heterocycles. The summed E-state index contributed by atoms with van der Waals surface area (Å²) in [6, 6.07) is 6.48. The summed E-state index contributed by atoms with van der Waals surface area (Å²) in [5, 5.41) is 13.5. The van der Waals surface area contributed by atoms with Gasteiger partial charge in [0.2, 0.25) is 5.91 Å². The van der Waals surface area contributed by atoms with Crippen LogP contribution in [0.15, 0.2) is 24.3 Å². The lowest BCUT2D eigenvalue weighted by Crippen LogP contribution is -2.33. The molecule has 0 saturated heterocycles. The summed E-state index contributed by atoms with van der Waals surface area (Å²) in [7, 11) is 1.50. The maximum atomic E-state index is 11.6. The lowest BCUT2D eigenvalue weighted by molar-refractivity contribution is -0.385. The average molecular weight is 281 g/mol. The molecule has 0 radical (unpaired) electrons. The summed E-state index contributed by atoms with van der Waals surface area (Å²) in [5.41, 5.74) is 6.09. The molecule has 1 unspecified atom stereocenters. The quantitative estimate of drug-likeness (QED) is 0.536. The monoisotopic (exact) mass is 281 g/mol. The largest absolute Gasteiger partial charge is 0.380 e. The van der Waals surface area contributed by atoms with Gasteiger partial charge in [-0.15, -0.1) is 0 Å². The number of ether oxygens (including phenoxy) is 1. The van der Waals surface area contributed by atoms with Crippen LogP contribution < -0.4 is 11.1 Å². The standard InChI is InChI=1S/C13H19N3O4/c1-20-11(9-14)8-13(17)15-7-6-10-4-2-3-5-12(10)16(18)19/h2-5,11H,6-9,14H2,1H3,(H,15,17). The number of carbonyl (C=O) groups excluding carboxylic acids is 1. The number of hydrogen-bond acceptors (Lipinski definition) is 5. The van der Waals surface area contributed by atoms with E-state index in [1.54, 1.807) is 18.2 Å². The SMILES string of the molecule is COC(CN)CC(=O)NCCc1ccccc1[N+](=O)[O-]. The molecule has 1 atom stereocenters. The van der Waals surface area contributed by atoms with E-state index >= 15 is 0 Å². The molecule has 0 fully saturated rings. The van der Waals surface area contributed by atoms with Crippen molar-refractivity contribution in [1.29, 1.82) is 0 Å². The van der Waals surface area contributed by atoms with Gasteiger partial charge in [-0.1, -0.05) is 18.2 Å². The third-order valence-corrected chi connectivity index (χ3v) is 2.91. The van der Waals surface area contributed by atoms with Crippen LogP contribution in [0.1, 0.15) is 12.0 Å². The first-order chi connectivity index (χ1) is 9.58. The fourth-order valence-corrected chi connectivity index (χ4v) is 1.78. The second-order valence-corrected chi connectivity index (χ2v) is 4.28. The number of amides is 1. The minimum Gasteiger partial charge on any atom is -0.380 e. The Morgan fingerprint density at radius 2 is 2.20 bits per heavy atom. The van der Waals surface area contributed by atoms with E-state index in [4.69, 9.17) is 10.5 Å². The van der Waals surface area contributed by atoms with Crippen molar-refractivity contribution in [2.24, 2.45) is 5.73 Å². The minimum absolute atomic E-state index is 0.0680. The van der Waals surface area contributed by atoms with Crippen molar-refractivity contribution in [3.63, 3.8) is 0 Å². The van der Waals surface area contributed by atoms with Gasteiger partial charge in [-0.25, -0.2) is 0 Å². The Morgan fingerprint density at radius 1 is 1.50 bits per heavy atom. The van der Waals surface area contributed by atoms with Crippen molar-refractivity contribution in [3.8, 4) is 0 Å². The Morgan fingerprint density at radius 3 is 2.80 bits per heavy atom. The molecule has 0 saturated carbocycles. The van der Waals surface area contributed by atoms with Gasteiger partial charge in [0.05, 0.1) is 17.4 Å². The number of carbonyl (C=O) groups is 1. The molecule has 0 bridgehead atoms. The van der Waals surface area contributed by atoms with Gasteiger partial charge >= 0.3 is 0 Å². The van der Waals surface area contributed by atoms with Gasteiger partial charge in [0.25, 0.3) is 5.69 Å². The molecular formula is C13H19N3O4. The molecule has 1 aromatic carbocycles. The van der Waals surface area contributed by atoms with E-state index in [-0.39, 0.29) is 30.7 Å². The Bertz CT molecular complexity index is 461. The van der Waals surface area contributed by atoms with E-state index in [9.17, 15) is 14.9 Å². The maximum absolute atomic E-state index is 11.6. The van der Waals surface area contributed by atoms with E-state index in [1.165, 1.54) is 13.2 Å². The first-order valence-electron chi connectivity index (χ1n) is 6.30. The fourth-order valence-electron chi connectivity index (χ4n) is 1.78. The summed E-state index contributed by atoms with van der Waals surface area (Å²) < 4.78 is 5.01. The molecule has 0 spiro atoms. The minimum atomic E-state index is -0.424. The maximum Gasteiger partial charge on any atom is 0.272 e. The number of nitrogens with two attached hydrogens (primary N) is 1. The Hall–Kier alpha value is -1.99. The fraction of sp³-hybridized carbons (Fsp3) is 0.462. The van der Waals surface area contributed by atoms with Gasteiger partial charge in [0.15, 0.2) is 0 Å². The molecule has 7 nitrogen and oxygen atoms in total. The van der Waals surface area contributed by atoms with Crippen molar-refractivity contribution in [1.82, 2.24) is 5.32 Å². The number of methoxy groups -OCH3 is 1. The molecular weight excluding hydrogens is 262 g/mol. The highest BCUT2D eigenvalue weighted by Gasteiger charge is 2.13. The van der Waals surface area contributed by atoms with Crippen LogP contribution in [0.4, 0.5) is 5.69 Å². The van der Waals surface area contributed by atoms with Gasteiger partial charge in [-0.05, 0) is 6.42 Å². The first kappa shape index (κ1) is 16.1. The molecule has 1 amide bonds. The number of nitrogens with one attached hydrogen (secondary N) is 1. The lowest BCUT2D eigenvalue weighted by Gasteiger charge is -2.12. The van der Waals surface area contributed by atoms with Gasteiger partial charge in [0, 0.05) is 31.8 Å². The van der Waals surface area contributed by atoms with E-state index in [0.29, 0.717) is 18.5 Å². The zero-order valence-corrected chi connectivity index (χ0v) is 11.4. The van der Waals surface area contributed by atoms with E-state index < -0.39 is 4.92 Å². The third-order valence-electron chi connectivity index (χ3n) is 2.91.